The van der Waals surface area contributed by atoms with Gasteiger partial charge in [-0.25, -0.2) is 4.39 Å². The normalized spacial score (nSPS) is 11.5. The summed E-state index contributed by atoms with van der Waals surface area (Å²) in [6.07, 6.45) is 0.852. The second-order valence-electron chi connectivity index (χ2n) is 7.84. The fraction of sp³-hybridized carbons (Fsp3) is 0.259. The molecule has 0 aliphatic carbocycles. The Morgan fingerprint density at radius 2 is 1.61 bits per heavy atom. The number of rotatable bonds is 10. The van der Waals surface area contributed by atoms with Gasteiger partial charge in [-0.3, -0.25) is 9.59 Å². The molecule has 3 aromatic carbocycles. The fourth-order valence-electron chi connectivity index (χ4n) is 3.59. The van der Waals surface area contributed by atoms with E-state index in [4.69, 9.17) is 4.74 Å². The Balaban J connectivity index is 1.71. The fourth-order valence-corrected chi connectivity index (χ4v) is 3.59. The minimum Gasteiger partial charge on any atom is -0.496 e. The van der Waals surface area contributed by atoms with Gasteiger partial charge in [0.15, 0.2) is 0 Å². The lowest BCUT2D eigenvalue weighted by Crippen LogP contribution is -2.47. The van der Waals surface area contributed by atoms with Gasteiger partial charge in [-0.15, -0.1) is 0 Å². The maximum Gasteiger partial charge on any atom is 0.242 e. The van der Waals surface area contributed by atoms with Crippen molar-refractivity contribution < 1.29 is 18.7 Å². The van der Waals surface area contributed by atoms with E-state index in [1.165, 1.54) is 12.1 Å². The minimum atomic E-state index is -0.701. The minimum absolute atomic E-state index is 0.136. The largest absolute Gasteiger partial charge is 0.496 e. The summed E-state index contributed by atoms with van der Waals surface area (Å²) in [4.78, 5) is 27.7. The summed E-state index contributed by atoms with van der Waals surface area (Å²) in [6.45, 7) is 2.22. The standard InChI is InChI=1S/C27H29FN2O3/c1-20(27(32)29-18-23-10-6-7-11-25(23)33-2)30(19-22-12-15-24(28)16-13-22)26(31)17-14-21-8-4-3-5-9-21/h3-13,15-16,20H,14,17-19H2,1-2H3,(H,29,32). The molecule has 0 spiro atoms. The third kappa shape index (κ3) is 6.91. The Morgan fingerprint density at radius 1 is 0.939 bits per heavy atom. The molecule has 2 amide bonds. The van der Waals surface area contributed by atoms with Crippen molar-refractivity contribution >= 4 is 11.8 Å². The van der Waals surface area contributed by atoms with Crippen LogP contribution < -0.4 is 10.1 Å². The lowest BCUT2D eigenvalue weighted by Gasteiger charge is -2.29. The van der Waals surface area contributed by atoms with Gasteiger partial charge in [-0.1, -0.05) is 60.7 Å². The molecule has 0 saturated carbocycles. The first kappa shape index (κ1) is 24.0. The smallest absolute Gasteiger partial charge is 0.242 e. The lowest BCUT2D eigenvalue weighted by atomic mass is 10.1. The van der Waals surface area contributed by atoms with Crippen molar-refractivity contribution in [2.24, 2.45) is 0 Å². The molecule has 0 fully saturated rings. The van der Waals surface area contributed by atoms with Crippen LogP contribution in [0.4, 0.5) is 4.39 Å². The number of hydrogen-bond acceptors (Lipinski definition) is 3. The highest BCUT2D eigenvalue weighted by Gasteiger charge is 2.26. The zero-order chi connectivity index (χ0) is 23.6. The Kier molecular flexibility index (Phi) is 8.58. The van der Waals surface area contributed by atoms with Crippen LogP contribution in [0.15, 0.2) is 78.9 Å². The molecule has 0 aromatic heterocycles. The SMILES string of the molecule is COc1ccccc1CNC(=O)C(C)N(Cc1ccc(F)cc1)C(=O)CCc1ccccc1. The van der Waals surface area contributed by atoms with Gasteiger partial charge >= 0.3 is 0 Å². The number of carbonyl (C=O) groups excluding carboxylic acids is 2. The van der Waals surface area contributed by atoms with Crippen LogP contribution in [0.25, 0.3) is 0 Å². The van der Waals surface area contributed by atoms with Crippen molar-refractivity contribution in [1.82, 2.24) is 10.2 Å². The molecule has 3 aromatic rings. The quantitative estimate of drug-likeness (QED) is 0.497. The average Bonchev–Trinajstić information content (AvgIpc) is 2.85. The maximum absolute atomic E-state index is 13.3. The summed E-state index contributed by atoms with van der Waals surface area (Å²) in [7, 11) is 1.58. The Bertz CT molecular complexity index is 1050. The number of ether oxygens (including phenoxy) is 1. The number of carbonyl (C=O) groups is 2. The van der Waals surface area contributed by atoms with Gasteiger partial charge in [0.1, 0.15) is 17.6 Å². The first-order valence-electron chi connectivity index (χ1n) is 11.0. The molecule has 33 heavy (non-hydrogen) atoms. The molecular weight excluding hydrogens is 419 g/mol. The third-order valence-electron chi connectivity index (χ3n) is 5.55. The van der Waals surface area contributed by atoms with Crippen molar-refractivity contribution in [3.05, 3.63) is 101 Å². The lowest BCUT2D eigenvalue weighted by molar-refractivity contribution is -0.140. The van der Waals surface area contributed by atoms with Crippen molar-refractivity contribution in [1.29, 1.82) is 0 Å². The molecular formula is C27H29FN2O3. The van der Waals surface area contributed by atoms with Crippen LogP contribution >= 0.6 is 0 Å². The van der Waals surface area contributed by atoms with E-state index in [0.717, 1.165) is 16.7 Å². The second kappa shape index (κ2) is 11.8. The summed E-state index contributed by atoms with van der Waals surface area (Å²) in [5.41, 5.74) is 2.66. The van der Waals surface area contributed by atoms with Crippen LogP contribution in [0.3, 0.4) is 0 Å². The highest BCUT2D eigenvalue weighted by Crippen LogP contribution is 2.18. The van der Waals surface area contributed by atoms with E-state index in [9.17, 15) is 14.0 Å². The van der Waals surface area contributed by atoms with Crippen LogP contribution in [-0.4, -0.2) is 29.9 Å². The third-order valence-corrected chi connectivity index (χ3v) is 5.55. The van der Waals surface area contributed by atoms with Gasteiger partial charge in [0.2, 0.25) is 11.8 Å². The molecule has 1 unspecified atom stereocenters. The topological polar surface area (TPSA) is 58.6 Å². The zero-order valence-corrected chi connectivity index (χ0v) is 19.0. The number of aryl methyl sites for hydroxylation is 1. The number of benzene rings is 3. The number of nitrogens with zero attached hydrogens (tertiary/aromatic N) is 1. The molecule has 0 heterocycles. The number of halogens is 1. The molecule has 1 N–H and O–H groups in total. The highest BCUT2D eigenvalue weighted by atomic mass is 19.1. The first-order chi connectivity index (χ1) is 16.0. The van der Waals surface area contributed by atoms with E-state index >= 15 is 0 Å². The van der Waals surface area contributed by atoms with Crippen molar-refractivity contribution in [3.63, 3.8) is 0 Å². The summed E-state index contributed by atoms with van der Waals surface area (Å²) >= 11 is 0. The van der Waals surface area contributed by atoms with E-state index in [-0.39, 0.29) is 37.1 Å². The predicted molar refractivity (Wildman–Crippen MR) is 126 cm³/mol. The Hall–Kier alpha value is -3.67. The molecule has 0 radical (unpaired) electrons. The van der Waals surface area contributed by atoms with Gasteiger partial charge in [-0.2, -0.15) is 0 Å². The number of nitrogens with one attached hydrogen (secondary N) is 1. The van der Waals surface area contributed by atoms with Crippen molar-refractivity contribution in [2.75, 3.05) is 7.11 Å². The summed E-state index contributed by atoms with van der Waals surface area (Å²) < 4.78 is 18.7. The molecule has 0 saturated heterocycles. The molecule has 0 aliphatic rings. The summed E-state index contributed by atoms with van der Waals surface area (Å²) in [5, 5.41) is 2.90. The van der Waals surface area contributed by atoms with Crippen LogP contribution in [0.1, 0.15) is 30.0 Å². The Morgan fingerprint density at radius 3 is 2.30 bits per heavy atom. The van der Waals surface area contributed by atoms with E-state index < -0.39 is 6.04 Å². The van der Waals surface area contributed by atoms with Crippen molar-refractivity contribution in [2.45, 2.75) is 38.9 Å². The molecule has 1 atom stereocenters. The molecule has 172 valence electrons. The van der Waals surface area contributed by atoms with Gasteiger partial charge < -0.3 is 15.0 Å². The molecule has 0 aliphatic heterocycles. The molecule has 6 heteroatoms. The van der Waals surface area contributed by atoms with Gasteiger partial charge in [0.05, 0.1) is 7.11 Å². The number of methoxy groups -OCH3 is 1. The zero-order valence-electron chi connectivity index (χ0n) is 19.0. The summed E-state index contributed by atoms with van der Waals surface area (Å²) in [5.74, 6) is -0.0601. The number of hydrogen-bond donors (Lipinski definition) is 1. The molecule has 5 nitrogen and oxygen atoms in total. The van der Waals surface area contributed by atoms with E-state index in [2.05, 4.69) is 5.32 Å². The van der Waals surface area contributed by atoms with E-state index in [1.807, 2.05) is 54.6 Å². The first-order valence-corrected chi connectivity index (χ1v) is 11.0. The average molecular weight is 449 g/mol. The van der Waals surface area contributed by atoms with Gasteiger partial charge in [0.25, 0.3) is 0 Å². The van der Waals surface area contributed by atoms with Gasteiger partial charge in [0, 0.05) is 25.1 Å². The monoisotopic (exact) mass is 448 g/mol. The van der Waals surface area contributed by atoms with E-state index in [0.29, 0.717) is 12.2 Å². The predicted octanol–water partition coefficient (Wildman–Crippen LogP) is 4.50. The highest BCUT2D eigenvalue weighted by molar-refractivity contribution is 5.87. The maximum atomic E-state index is 13.3. The van der Waals surface area contributed by atoms with Crippen LogP contribution in [0.2, 0.25) is 0 Å². The van der Waals surface area contributed by atoms with Gasteiger partial charge in [-0.05, 0) is 42.7 Å². The number of para-hydroxylation sites is 1. The van der Waals surface area contributed by atoms with Crippen molar-refractivity contribution in [3.8, 4) is 5.75 Å². The molecule has 3 rings (SSSR count). The van der Waals surface area contributed by atoms with Crippen LogP contribution in [0.5, 0.6) is 5.75 Å². The summed E-state index contributed by atoms with van der Waals surface area (Å²) in [6, 6.07) is 22.5. The van der Waals surface area contributed by atoms with Crippen LogP contribution in [-0.2, 0) is 29.1 Å². The van der Waals surface area contributed by atoms with E-state index in [1.54, 1.807) is 31.1 Å². The molecule has 0 bridgehead atoms. The number of amides is 2. The van der Waals surface area contributed by atoms with Crippen LogP contribution in [0, 0.1) is 5.82 Å². The second-order valence-corrected chi connectivity index (χ2v) is 7.84. The Labute approximate surface area is 194 Å².